The lowest BCUT2D eigenvalue weighted by Gasteiger charge is -2.17. The first kappa shape index (κ1) is 16.8. The van der Waals surface area contributed by atoms with Gasteiger partial charge in [0.25, 0.3) is 5.56 Å². The summed E-state index contributed by atoms with van der Waals surface area (Å²) >= 11 is 0. The van der Waals surface area contributed by atoms with E-state index >= 15 is 0 Å². The minimum atomic E-state index is -0.544. The van der Waals surface area contributed by atoms with Crippen molar-refractivity contribution in [2.45, 2.75) is 33.1 Å². The van der Waals surface area contributed by atoms with Crippen molar-refractivity contribution in [2.75, 3.05) is 6.61 Å². The Morgan fingerprint density at radius 2 is 2.04 bits per heavy atom. The van der Waals surface area contributed by atoms with Gasteiger partial charge in [-0.15, -0.1) is 4.73 Å². The predicted octanol–water partition coefficient (Wildman–Crippen LogP) is 2.74. The smallest absolute Gasteiger partial charge is 0.361 e. The van der Waals surface area contributed by atoms with Crippen molar-refractivity contribution in [3.63, 3.8) is 0 Å². The lowest BCUT2D eigenvalue weighted by atomic mass is 9.93. The Morgan fingerprint density at radius 1 is 1.23 bits per heavy atom. The predicted molar refractivity (Wildman–Crippen MR) is 101 cm³/mol. The summed E-state index contributed by atoms with van der Waals surface area (Å²) in [6.07, 6.45) is 4.94. The van der Waals surface area contributed by atoms with Crippen LogP contribution in [0.4, 0.5) is 0 Å². The van der Waals surface area contributed by atoms with E-state index < -0.39 is 11.2 Å². The molecule has 2 atom stereocenters. The number of H-pyrrole nitrogens is 1. The van der Waals surface area contributed by atoms with Gasteiger partial charge in [-0.25, -0.2) is 4.79 Å². The second kappa shape index (κ2) is 6.59. The topological polar surface area (TPSA) is 77.0 Å². The molecule has 6 nitrogen and oxygen atoms in total. The molecule has 0 aliphatic heterocycles. The zero-order valence-corrected chi connectivity index (χ0v) is 15.1. The van der Waals surface area contributed by atoms with Gasteiger partial charge in [0.1, 0.15) is 12.1 Å². The van der Waals surface area contributed by atoms with E-state index in [0.717, 1.165) is 29.7 Å². The van der Waals surface area contributed by atoms with Crippen LogP contribution in [0, 0.1) is 17.8 Å². The van der Waals surface area contributed by atoms with Crippen molar-refractivity contribution in [3.8, 4) is 0 Å². The number of aromatic nitrogens is 3. The van der Waals surface area contributed by atoms with Crippen molar-refractivity contribution >= 4 is 21.8 Å². The van der Waals surface area contributed by atoms with E-state index in [4.69, 9.17) is 4.84 Å². The summed E-state index contributed by atoms with van der Waals surface area (Å²) < 4.78 is 1.24. The van der Waals surface area contributed by atoms with Crippen LogP contribution in [0.5, 0.6) is 0 Å². The minimum absolute atomic E-state index is 0.356. The summed E-state index contributed by atoms with van der Waals surface area (Å²) in [5, 5.41) is 1.09. The number of benzene rings is 1. The molecule has 1 aliphatic rings. The number of pyridine rings is 1. The third-order valence-electron chi connectivity index (χ3n) is 5.56. The average molecular weight is 353 g/mol. The molecular formula is C20H23N3O3. The normalized spacial score (nSPS) is 20.3. The van der Waals surface area contributed by atoms with Crippen LogP contribution in [0.25, 0.3) is 21.8 Å². The molecule has 1 aromatic carbocycles. The van der Waals surface area contributed by atoms with Crippen molar-refractivity contribution in [3.05, 3.63) is 51.3 Å². The third-order valence-corrected chi connectivity index (χ3v) is 5.56. The molecule has 2 heterocycles. The van der Waals surface area contributed by atoms with E-state index in [9.17, 15) is 9.59 Å². The van der Waals surface area contributed by atoms with E-state index in [1.54, 1.807) is 0 Å². The summed E-state index contributed by atoms with van der Waals surface area (Å²) in [6.45, 7) is 4.99. The van der Waals surface area contributed by atoms with Crippen LogP contribution >= 0.6 is 0 Å². The maximum atomic E-state index is 12.4. The largest absolute Gasteiger partial charge is 0.409 e. The molecule has 4 rings (SSSR count). The van der Waals surface area contributed by atoms with Gasteiger partial charge < -0.3 is 4.84 Å². The first-order valence-electron chi connectivity index (χ1n) is 9.20. The second-order valence-corrected chi connectivity index (χ2v) is 7.57. The van der Waals surface area contributed by atoms with Crippen LogP contribution in [0.2, 0.25) is 0 Å². The van der Waals surface area contributed by atoms with Crippen LogP contribution in [-0.4, -0.2) is 21.3 Å². The molecule has 0 amide bonds. The number of hydrogen-bond donors (Lipinski definition) is 1. The zero-order valence-electron chi connectivity index (χ0n) is 15.1. The lowest BCUT2D eigenvalue weighted by molar-refractivity contribution is 0.0791. The Morgan fingerprint density at radius 3 is 2.81 bits per heavy atom. The van der Waals surface area contributed by atoms with Gasteiger partial charge in [-0.2, -0.15) is 0 Å². The number of nitrogens with one attached hydrogen (secondary N) is 1. The van der Waals surface area contributed by atoms with E-state index in [-0.39, 0.29) is 0 Å². The monoisotopic (exact) mass is 353 g/mol. The van der Waals surface area contributed by atoms with E-state index in [1.165, 1.54) is 17.3 Å². The molecule has 0 bridgehead atoms. The molecule has 1 fully saturated rings. The van der Waals surface area contributed by atoms with E-state index in [2.05, 4.69) is 23.8 Å². The van der Waals surface area contributed by atoms with Crippen LogP contribution in [0.1, 0.15) is 33.1 Å². The van der Waals surface area contributed by atoms with Gasteiger partial charge in [0, 0.05) is 11.6 Å². The van der Waals surface area contributed by atoms with Gasteiger partial charge in [-0.3, -0.25) is 14.8 Å². The highest BCUT2D eigenvalue weighted by molar-refractivity contribution is 6.02. The maximum Gasteiger partial charge on any atom is 0.361 e. The van der Waals surface area contributed by atoms with Gasteiger partial charge >= 0.3 is 5.69 Å². The number of nitrogens with zero attached hydrogens (tertiary/aromatic N) is 2. The average Bonchev–Trinajstić information content (AvgIpc) is 3.10. The molecular weight excluding hydrogens is 330 g/mol. The summed E-state index contributed by atoms with van der Waals surface area (Å²) in [7, 11) is 0. The Kier molecular flexibility index (Phi) is 4.26. The summed E-state index contributed by atoms with van der Waals surface area (Å²) in [5.41, 5.74) is 0.229. The number of fused-ring (bicyclic) bond motifs is 3. The number of hydrogen-bond acceptors (Lipinski definition) is 4. The van der Waals surface area contributed by atoms with E-state index in [0.29, 0.717) is 29.3 Å². The van der Waals surface area contributed by atoms with Crippen molar-refractivity contribution in [1.82, 2.24) is 14.7 Å². The maximum absolute atomic E-state index is 12.4. The Bertz CT molecular complexity index is 1070. The molecule has 1 N–H and O–H groups in total. The van der Waals surface area contributed by atoms with Gasteiger partial charge in [-0.1, -0.05) is 32.0 Å². The van der Waals surface area contributed by atoms with Gasteiger partial charge in [0.05, 0.1) is 10.9 Å². The van der Waals surface area contributed by atoms with Crippen LogP contribution in [0.15, 0.2) is 40.1 Å². The molecule has 0 spiro atoms. The van der Waals surface area contributed by atoms with Gasteiger partial charge in [0.2, 0.25) is 0 Å². The highest BCUT2D eigenvalue weighted by atomic mass is 16.7. The first-order valence-corrected chi connectivity index (χ1v) is 9.20. The molecule has 3 aromatic rings. The Labute approximate surface area is 150 Å². The first-order chi connectivity index (χ1) is 12.5. The summed E-state index contributed by atoms with van der Waals surface area (Å²) in [6, 6.07) is 7.45. The Balaban J connectivity index is 1.74. The van der Waals surface area contributed by atoms with Crippen LogP contribution in [-0.2, 0) is 0 Å². The minimum Gasteiger partial charge on any atom is -0.409 e. The number of para-hydroxylation sites is 1. The number of rotatable bonds is 4. The highest BCUT2D eigenvalue weighted by Crippen LogP contribution is 2.35. The molecule has 2 aromatic heterocycles. The summed E-state index contributed by atoms with van der Waals surface area (Å²) in [4.78, 5) is 37.2. The van der Waals surface area contributed by atoms with Crippen LogP contribution < -0.4 is 16.1 Å². The molecule has 1 aliphatic carbocycles. The molecule has 1 saturated carbocycles. The lowest BCUT2D eigenvalue weighted by Crippen LogP contribution is -2.36. The quantitative estimate of drug-likeness (QED) is 0.732. The van der Waals surface area contributed by atoms with Gasteiger partial charge in [-0.05, 0) is 43.1 Å². The zero-order chi connectivity index (χ0) is 18.3. The fraction of sp³-hybridized carbons (Fsp3) is 0.450. The molecule has 2 unspecified atom stereocenters. The van der Waals surface area contributed by atoms with Crippen molar-refractivity contribution in [2.24, 2.45) is 17.8 Å². The summed E-state index contributed by atoms with van der Waals surface area (Å²) in [5.74, 6) is 1.83. The Hall–Kier alpha value is -2.63. The fourth-order valence-corrected chi connectivity index (χ4v) is 4.00. The second-order valence-electron chi connectivity index (χ2n) is 7.57. The molecule has 136 valence electrons. The molecule has 26 heavy (non-hydrogen) atoms. The van der Waals surface area contributed by atoms with Crippen molar-refractivity contribution < 1.29 is 4.84 Å². The van der Waals surface area contributed by atoms with Gasteiger partial charge in [0.15, 0.2) is 0 Å². The van der Waals surface area contributed by atoms with Crippen LogP contribution in [0.3, 0.4) is 0 Å². The fourth-order valence-electron chi connectivity index (χ4n) is 4.00. The highest BCUT2D eigenvalue weighted by Gasteiger charge is 2.27. The third kappa shape index (κ3) is 2.89. The molecule has 0 saturated heterocycles. The SMILES string of the molecule is CC(C)C1CCC(COn2c(=O)[nH]c(=O)c3cnc4ccccc4c32)C1. The molecule has 0 radical (unpaired) electrons. The van der Waals surface area contributed by atoms with Crippen molar-refractivity contribution in [1.29, 1.82) is 0 Å². The molecule has 6 heteroatoms. The standard InChI is InChI=1S/C20H23N3O3/c1-12(2)14-8-7-13(9-14)11-26-23-18-15-5-3-4-6-17(15)21-10-16(18)19(24)22-20(23)25/h3-6,10,12-14H,7-9,11H2,1-2H3,(H,22,24,25). The van der Waals surface area contributed by atoms with E-state index in [1.807, 2.05) is 24.3 Å². The number of aromatic amines is 1.